The van der Waals surface area contributed by atoms with E-state index in [1.54, 1.807) is 7.05 Å². The molecule has 7 heteroatoms. The Morgan fingerprint density at radius 2 is 1.75 bits per heavy atom. The molecule has 0 radical (unpaired) electrons. The van der Waals surface area contributed by atoms with Crippen LogP contribution in [0.15, 0.2) is 47.5 Å². The number of anilines is 1. The Morgan fingerprint density at radius 1 is 1.08 bits per heavy atom. The van der Waals surface area contributed by atoms with Crippen molar-refractivity contribution in [1.82, 2.24) is 15.6 Å². The van der Waals surface area contributed by atoms with Crippen molar-refractivity contribution in [3.05, 3.63) is 58.7 Å². The molecule has 130 valence electrons. The molecule has 1 aromatic carbocycles. The van der Waals surface area contributed by atoms with E-state index in [0.29, 0.717) is 13.1 Å². The minimum Gasteiger partial charge on any atom is -0.363 e. The Bertz CT molecular complexity index is 658. The van der Waals surface area contributed by atoms with E-state index in [1.807, 2.05) is 61.5 Å². The summed E-state index contributed by atoms with van der Waals surface area (Å²) in [5, 5.41) is 7.27. The molecule has 0 atom stereocenters. The molecule has 0 saturated heterocycles. The van der Waals surface area contributed by atoms with Crippen LogP contribution in [0.3, 0.4) is 0 Å². The maximum atomic E-state index is 5.89. The minimum absolute atomic E-state index is 0. The summed E-state index contributed by atoms with van der Waals surface area (Å²) in [6.07, 6.45) is 0. The standard InChI is InChI=1S/C17H22ClN5.HI/c1-19-17(20-11-13-7-9-14(18)10-8-13)21-12-15-5-4-6-16(22-15)23(2)3;/h4-10H,11-12H2,1-3H3,(H2,19,20,21);1H. The topological polar surface area (TPSA) is 52.6 Å². The van der Waals surface area contributed by atoms with Gasteiger partial charge in [0.05, 0.1) is 12.2 Å². The molecule has 0 saturated carbocycles. The summed E-state index contributed by atoms with van der Waals surface area (Å²) in [6.45, 7) is 1.30. The number of hydrogen-bond donors (Lipinski definition) is 2. The number of benzene rings is 1. The summed E-state index contributed by atoms with van der Waals surface area (Å²) >= 11 is 5.89. The number of aromatic nitrogens is 1. The van der Waals surface area contributed by atoms with Crippen molar-refractivity contribution in [2.45, 2.75) is 13.1 Å². The van der Waals surface area contributed by atoms with E-state index in [9.17, 15) is 0 Å². The third-order valence-corrected chi connectivity index (χ3v) is 3.54. The molecule has 0 aliphatic carbocycles. The van der Waals surface area contributed by atoms with Crippen LogP contribution in [0.2, 0.25) is 5.02 Å². The lowest BCUT2D eigenvalue weighted by Crippen LogP contribution is -2.36. The van der Waals surface area contributed by atoms with Crippen LogP contribution in [0.4, 0.5) is 5.82 Å². The van der Waals surface area contributed by atoms with Crippen LogP contribution >= 0.6 is 35.6 Å². The fraction of sp³-hybridized carbons (Fsp3) is 0.294. The van der Waals surface area contributed by atoms with Crippen molar-refractivity contribution in [3.8, 4) is 0 Å². The summed E-state index contributed by atoms with van der Waals surface area (Å²) < 4.78 is 0. The van der Waals surface area contributed by atoms with Crippen molar-refractivity contribution in [1.29, 1.82) is 0 Å². The lowest BCUT2D eigenvalue weighted by atomic mass is 10.2. The largest absolute Gasteiger partial charge is 0.363 e. The Labute approximate surface area is 165 Å². The third kappa shape index (κ3) is 6.52. The normalized spacial score (nSPS) is 10.8. The zero-order chi connectivity index (χ0) is 16.7. The van der Waals surface area contributed by atoms with Crippen LogP contribution in [-0.2, 0) is 13.1 Å². The number of nitrogens with zero attached hydrogens (tertiary/aromatic N) is 3. The smallest absolute Gasteiger partial charge is 0.191 e. The highest BCUT2D eigenvalue weighted by Gasteiger charge is 2.02. The average molecular weight is 460 g/mol. The third-order valence-electron chi connectivity index (χ3n) is 3.28. The highest BCUT2D eigenvalue weighted by molar-refractivity contribution is 14.0. The van der Waals surface area contributed by atoms with Gasteiger partial charge in [-0.15, -0.1) is 24.0 Å². The summed E-state index contributed by atoms with van der Waals surface area (Å²) in [5.41, 5.74) is 2.11. The molecule has 2 rings (SSSR count). The van der Waals surface area contributed by atoms with Crippen LogP contribution < -0.4 is 15.5 Å². The van der Waals surface area contributed by atoms with Crippen LogP contribution in [0.1, 0.15) is 11.3 Å². The fourth-order valence-corrected chi connectivity index (χ4v) is 2.12. The number of rotatable bonds is 5. The van der Waals surface area contributed by atoms with E-state index in [2.05, 4.69) is 20.6 Å². The molecular formula is C17H23ClIN5. The number of guanidine groups is 1. The van der Waals surface area contributed by atoms with Crippen LogP contribution in [0, 0.1) is 0 Å². The van der Waals surface area contributed by atoms with Gasteiger partial charge in [0, 0.05) is 32.7 Å². The summed E-state index contributed by atoms with van der Waals surface area (Å²) in [6, 6.07) is 13.7. The van der Waals surface area contributed by atoms with E-state index in [1.165, 1.54) is 0 Å². The minimum atomic E-state index is 0. The van der Waals surface area contributed by atoms with Gasteiger partial charge in [-0.05, 0) is 29.8 Å². The van der Waals surface area contributed by atoms with Gasteiger partial charge in [-0.25, -0.2) is 4.98 Å². The highest BCUT2D eigenvalue weighted by atomic mass is 127. The first kappa shape index (κ1) is 20.5. The van der Waals surface area contributed by atoms with Gasteiger partial charge in [0.25, 0.3) is 0 Å². The molecule has 0 unspecified atom stereocenters. The van der Waals surface area contributed by atoms with Gasteiger partial charge in [0.15, 0.2) is 5.96 Å². The molecule has 0 amide bonds. The summed E-state index contributed by atoms with van der Waals surface area (Å²) in [5.74, 6) is 1.67. The number of aliphatic imine (C=N–C) groups is 1. The first-order chi connectivity index (χ1) is 11.1. The fourth-order valence-electron chi connectivity index (χ4n) is 2.00. The van der Waals surface area contributed by atoms with Crippen LogP contribution in [-0.4, -0.2) is 32.1 Å². The predicted molar refractivity (Wildman–Crippen MR) is 112 cm³/mol. The summed E-state index contributed by atoms with van der Waals surface area (Å²) in [4.78, 5) is 10.8. The molecule has 0 aliphatic heterocycles. The van der Waals surface area contributed by atoms with Crippen molar-refractivity contribution in [3.63, 3.8) is 0 Å². The van der Waals surface area contributed by atoms with Gasteiger partial charge in [-0.1, -0.05) is 29.8 Å². The van der Waals surface area contributed by atoms with Gasteiger partial charge in [-0.2, -0.15) is 0 Å². The van der Waals surface area contributed by atoms with Crippen molar-refractivity contribution in [2.24, 2.45) is 4.99 Å². The van der Waals surface area contributed by atoms with E-state index in [4.69, 9.17) is 11.6 Å². The molecule has 2 aromatic rings. The first-order valence-corrected chi connectivity index (χ1v) is 7.78. The zero-order valence-corrected chi connectivity index (χ0v) is 17.2. The second-order valence-corrected chi connectivity index (χ2v) is 5.72. The number of nitrogens with one attached hydrogen (secondary N) is 2. The zero-order valence-electron chi connectivity index (χ0n) is 14.1. The van der Waals surface area contributed by atoms with E-state index in [0.717, 1.165) is 28.1 Å². The van der Waals surface area contributed by atoms with Crippen molar-refractivity contribution < 1.29 is 0 Å². The molecule has 0 bridgehead atoms. The lowest BCUT2D eigenvalue weighted by Gasteiger charge is -2.14. The van der Waals surface area contributed by atoms with Gasteiger partial charge in [-0.3, -0.25) is 4.99 Å². The Morgan fingerprint density at radius 3 is 2.38 bits per heavy atom. The van der Waals surface area contributed by atoms with Gasteiger partial charge in [0.1, 0.15) is 5.82 Å². The average Bonchev–Trinajstić information content (AvgIpc) is 2.57. The molecule has 1 heterocycles. The predicted octanol–water partition coefficient (Wildman–Crippen LogP) is 3.28. The first-order valence-electron chi connectivity index (χ1n) is 7.40. The number of hydrogen-bond acceptors (Lipinski definition) is 3. The maximum absolute atomic E-state index is 5.89. The molecule has 0 fully saturated rings. The second kappa shape index (κ2) is 10.4. The Hall–Kier alpha value is -1.54. The number of pyridine rings is 1. The Kier molecular flexibility index (Phi) is 8.84. The molecule has 0 aliphatic rings. The monoisotopic (exact) mass is 459 g/mol. The summed E-state index contributed by atoms with van der Waals surface area (Å²) in [7, 11) is 5.71. The molecule has 2 N–H and O–H groups in total. The van der Waals surface area contributed by atoms with Gasteiger partial charge in [0.2, 0.25) is 0 Å². The van der Waals surface area contributed by atoms with Crippen molar-refractivity contribution in [2.75, 3.05) is 26.0 Å². The van der Waals surface area contributed by atoms with E-state index >= 15 is 0 Å². The molecule has 0 spiro atoms. The van der Waals surface area contributed by atoms with Crippen LogP contribution in [0.25, 0.3) is 0 Å². The van der Waals surface area contributed by atoms with Crippen LogP contribution in [0.5, 0.6) is 0 Å². The Balaban J connectivity index is 0.00000288. The van der Waals surface area contributed by atoms with Crippen molar-refractivity contribution >= 4 is 47.4 Å². The van der Waals surface area contributed by atoms with Gasteiger partial charge < -0.3 is 15.5 Å². The molecule has 5 nitrogen and oxygen atoms in total. The highest BCUT2D eigenvalue weighted by Crippen LogP contribution is 2.09. The van der Waals surface area contributed by atoms with Gasteiger partial charge >= 0.3 is 0 Å². The molecule has 1 aromatic heterocycles. The second-order valence-electron chi connectivity index (χ2n) is 5.29. The SMILES string of the molecule is CN=C(NCc1ccc(Cl)cc1)NCc1cccc(N(C)C)n1.I. The van der Waals surface area contributed by atoms with E-state index in [-0.39, 0.29) is 24.0 Å². The molecular weight excluding hydrogens is 437 g/mol. The maximum Gasteiger partial charge on any atom is 0.191 e. The van der Waals surface area contributed by atoms with E-state index < -0.39 is 0 Å². The lowest BCUT2D eigenvalue weighted by molar-refractivity contribution is 0.793. The number of halogens is 2. The quantitative estimate of drug-likeness (QED) is 0.409. The molecule has 24 heavy (non-hydrogen) atoms.